The van der Waals surface area contributed by atoms with E-state index < -0.39 is 23.7 Å². The van der Waals surface area contributed by atoms with Gasteiger partial charge in [-0.3, -0.25) is 0 Å². The minimum absolute atomic E-state index is 0.0194. The van der Waals surface area contributed by atoms with E-state index in [-0.39, 0.29) is 5.56 Å². The summed E-state index contributed by atoms with van der Waals surface area (Å²) in [6.07, 6.45) is 0.428. The van der Waals surface area contributed by atoms with Crippen molar-refractivity contribution < 1.29 is 22.6 Å². The lowest BCUT2D eigenvalue weighted by molar-refractivity contribution is -0.183. The summed E-state index contributed by atoms with van der Waals surface area (Å²) >= 11 is 0. The topological polar surface area (TPSA) is 18.5 Å². The van der Waals surface area contributed by atoms with Gasteiger partial charge in [-0.05, 0) is 24.1 Å². The smallest absolute Gasteiger partial charge is 0.195 e. The van der Waals surface area contributed by atoms with E-state index in [9.17, 15) is 13.2 Å². The molecular formula is C16H13F3O2. The van der Waals surface area contributed by atoms with E-state index in [4.69, 9.17) is 9.47 Å². The fourth-order valence-electron chi connectivity index (χ4n) is 2.25. The Morgan fingerprint density at radius 1 is 0.810 bits per heavy atom. The molecule has 1 aliphatic rings. The van der Waals surface area contributed by atoms with Gasteiger partial charge in [0, 0.05) is 11.1 Å². The van der Waals surface area contributed by atoms with Crippen molar-refractivity contribution in [2.24, 2.45) is 0 Å². The molecule has 5 heteroatoms. The molecule has 0 N–H and O–H groups in total. The maximum absolute atomic E-state index is 13.7. The quantitative estimate of drug-likeness (QED) is 0.773. The average molecular weight is 294 g/mol. The molecule has 2 aromatic rings. The Bertz CT molecular complexity index is 635. The second kappa shape index (κ2) is 5.87. The SMILES string of the molecule is Fc1ccc(-c2ccc(C3OCCCO3)cc2)c(F)c1F. The van der Waals surface area contributed by atoms with Crippen molar-refractivity contribution in [3.05, 3.63) is 59.4 Å². The molecule has 0 bridgehead atoms. The van der Waals surface area contributed by atoms with Crippen LogP contribution in [0.4, 0.5) is 13.2 Å². The lowest BCUT2D eigenvalue weighted by atomic mass is 10.0. The normalized spacial score (nSPS) is 16.1. The van der Waals surface area contributed by atoms with Gasteiger partial charge in [-0.2, -0.15) is 0 Å². The molecule has 2 nitrogen and oxygen atoms in total. The molecule has 0 saturated carbocycles. The summed E-state index contributed by atoms with van der Waals surface area (Å²) in [7, 11) is 0. The summed E-state index contributed by atoms with van der Waals surface area (Å²) in [5, 5.41) is 0. The first-order chi connectivity index (χ1) is 10.2. The van der Waals surface area contributed by atoms with Crippen LogP contribution in [0.2, 0.25) is 0 Å². The molecule has 110 valence electrons. The van der Waals surface area contributed by atoms with Crippen molar-refractivity contribution in [2.75, 3.05) is 13.2 Å². The Labute approximate surface area is 120 Å². The van der Waals surface area contributed by atoms with Crippen LogP contribution in [0.15, 0.2) is 36.4 Å². The average Bonchev–Trinajstić information content (AvgIpc) is 2.54. The number of ether oxygens (including phenoxy) is 2. The zero-order valence-corrected chi connectivity index (χ0v) is 11.1. The van der Waals surface area contributed by atoms with Gasteiger partial charge in [-0.25, -0.2) is 13.2 Å². The first-order valence-electron chi connectivity index (χ1n) is 6.64. The molecule has 0 aliphatic carbocycles. The Hall–Kier alpha value is -1.85. The molecule has 0 aromatic heterocycles. The maximum atomic E-state index is 13.7. The molecule has 3 rings (SSSR count). The van der Waals surface area contributed by atoms with Gasteiger partial charge in [-0.1, -0.05) is 24.3 Å². The van der Waals surface area contributed by atoms with Gasteiger partial charge in [0.25, 0.3) is 0 Å². The third-order valence-corrected chi connectivity index (χ3v) is 3.36. The summed E-state index contributed by atoms with van der Waals surface area (Å²) in [4.78, 5) is 0. The van der Waals surface area contributed by atoms with E-state index in [1.54, 1.807) is 24.3 Å². The number of halogens is 3. The summed E-state index contributed by atoms with van der Waals surface area (Å²) in [6, 6.07) is 8.85. The predicted molar refractivity (Wildman–Crippen MR) is 71.0 cm³/mol. The third-order valence-electron chi connectivity index (χ3n) is 3.36. The highest BCUT2D eigenvalue weighted by molar-refractivity contribution is 5.64. The fourth-order valence-corrected chi connectivity index (χ4v) is 2.25. The molecule has 0 radical (unpaired) electrons. The monoisotopic (exact) mass is 294 g/mol. The second-order valence-electron chi connectivity index (χ2n) is 4.77. The van der Waals surface area contributed by atoms with Crippen LogP contribution in [-0.2, 0) is 9.47 Å². The molecule has 1 fully saturated rings. The highest BCUT2D eigenvalue weighted by Gasteiger charge is 2.18. The highest BCUT2D eigenvalue weighted by atomic mass is 19.2. The van der Waals surface area contributed by atoms with E-state index >= 15 is 0 Å². The summed E-state index contributed by atoms with van der Waals surface area (Å²) in [6.45, 7) is 1.26. The summed E-state index contributed by atoms with van der Waals surface area (Å²) in [5.41, 5.74) is 1.29. The minimum atomic E-state index is -1.46. The van der Waals surface area contributed by atoms with Crippen LogP contribution >= 0.6 is 0 Å². The minimum Gasteiger partial charge on any atom is -0.348 e. The van der Waals surface area contributed by atoms with Crippen LogP contribution in [0, 0.1) is 17.5 Å². The van der Waals surface area contributed by atoms with Crippen LogP contribution in [-0.4, -0.2) is 13.2 Å². The van der Waals surface area contributed by atoms with Crippen LogP contribution < -0.4 is 0 Å². The van der Waals surface area contributed by atoms with Crippen molar-refractivity contribution in [2.45, 2.75) is 12.7 Å². The van der Waals surface area contributed by atoms with Crippen molar-refractivity contribution >= 4 is 0 Å². The predicted octanol–water partition coefficient (Wildman–Crippen LogP) is 4.21. The highest BCUT2D eigenvalue weighted by Crippen LogP contribution is 2.29. The summed E-state index contributed by atoms with van der Waals surface area (Å²) < 4.78 is 50.9. The van der Waals surface area contributed by atoms with Crippen molar-refractivity contribution in [1.82, 2.24) is 0 Å². The van der Waals surface area contributed by atoms with Crippen LogP contribution in [0.3, 0.4) is 0 Å². The van der Waals surface area contributed by atoms with E-state index in [0.717, 1.165) is 18.1 Å². The van der Waals surface area contributed by atoms with Crippen molar-refractivity contribution in [1.29, 1.82) is 0 Å². The number of hydrogen-bond donors (Lipinski definition) is 0. The Morgan fingerprint density at radius 2 is 1.48 bits per heavy atom. The van der Waals surface area contributed by atoms with E-state index in [0.29, 0.717) is 18.8 Å². The zero-order valence-electron chi connectivity index (χ0n) is 11.1. The van der Waals surface area contributed by atoms with Gasteiger partial charge in [0.15, 0.2) is 23.7 Å². The standard InChI is InChI=1S/C16H13F3O2/c17-13-7-6-12(14(18)15(13)19)10-2-4-11(5-3-10)16-20-8-1-9-21-16/h2-7,16H,1,8-9H2. The van der Waals surface area contributed by atoms with Crippen molar-refractivity contribution in [3.8, 4) is 11.1 Å². The van der Waals surface area contributed by atoms with Gasteiger partial charge in [0.1, 0.15) is 0 Å². The lowest BCUT2D eigenvalue weighted by Crippen LogP contribution is -2.17. The number of hydrogen-bond acceptors (Lipinski definition) is 2. The van der Waals surface area contributed by atoms with E-state index in [2.05, 4.69) is 0 Å². The Balaban J connectivity index is 1.89. The van der Waals surface area contributed by atoms with Crippen LogP contribution in [0.1, 0.15) is 18.3 Å². The Kier molecular flexibility index (Phi) is 3.94. The maximum Gasteiger partial charge on any atom is 0.195 e. The van der Waals surface area contributed by atoms with Gasteiger partial charge >= 0.3 is 0 Å². The van der Waals surface area contributed by atoms with E-state index in [1.807, 2.05) is 0 Å². The molecule has 1 heterocycles. The number of benzene rings is 2. The van der Waals surface area contributed by atoms with Crippen LogP contribution in [0.25, 0.3) is 11.1 Å². The molecule has 2 aromatic carbocycles. The molecule has 0 amide bonds. The van der Waals surface area contributed by atoms with Gasteiger partial charge in [-0.15, -0.1) is 0 Å². The molecular weight excluding hydrogens is 281 g/mol. The van der Waals surface area contributed by atoms with Gasteiger partial charge < -0.3 is 9.47 Å². The van der Waals surface area contributed by atoms with Crippen molar-refractivity contribution in [3.63, 3.8) is 0 Å². The molecule has 0 spiro atoms. The molecule has 1 saturated heterocycles. The first kappa shape index (κ1) is 14.1. The van der Waals surface area contributed by atoms with Gasteiger partial charge in [0.05, 0.1) is 13.2 Å². The summed E-state index contributed by atoms with van der Waals surface area (Å²) in [5.74, 6) is -3.85. The largest absolute Gasteiger partial charge is 0.348 e. The Morgan fingerprint density at radius 3 is 2.14 bits per heavy atom. The molecule has 21 heavy (non-hydrogen) atoms. The first-order valence-corrected chi connectivity index (χ1v) is 6.64. The second-order valence-corrected chi connectivity index (χ2v) is 4.77. The third kappa shape index (κ3) is 2.80. The van der Waals surface area contributed by atoms with Crippen LogP contribution in [0.5, 0.6) is 0 Å². The lowest BCUT2D eigenvalue weighted by Gasteiger charge is -2.23. The fraction of sp³-hybridized carbons (Fsp3) is 0.250. The van der Waals surface area contributed by atoms with E-state index in [1.165, 1.54) is 6.07 Å². The molecule has 1 aliphatic heterocycles. The number of rotatable bonds is 2. The molecule has 0 atom stereocenters. The van der Waals surface area contributed by atoms with Gasteiger partial charge in [0.2, 0.25) is 0 Å². The zero-order chi connectivity index (χ0) is 14.8. The molecule has 0 unspecified atom stereocenters.